The molecule has 0 atom stereocenters. The van der Waals surface area contributed by atoms with Gasteiger partial charge in [0.15, 0.2) is 11.4 Å². The molecule has 0 amide bonds. The number of benzene rings is 1. The van der Waals surface area contributed by atoms with Gasteiger partial charge in [-0.3, -0.25) is 5.32 Å². The summed E-state index contributed by atoms with van der Waals surface area (Å²) in [5.41, 5.74) is 2.47. The van der Waals surface area contributed by atoms with Crippen LogP contribution in [0.1, 0.15) is 5.69 Å². The molecule has 1 aromatic heterocycles. The summed E-state index contributed by atoms with van der Waals surface area (Å²) in [6.07, 6.45) is 3.70. The number of amidine groups is 1. The Labute approximate surface area is 126 Å². The molecule has 1 aromatic carbocycles. The normalized spacial score (nSPS) is 11.2. The van der Waals surface area contributed by atoms with Crippen LogP contribution in [0.25, 0.3) is 5.69 Å². The highest BCUT2D eigenvalue weighted by Gasteiger charge is 2.05. The van der Waals surface area contributed by atoms with Crippen molar-refractivity contribution in [1.82, 2.24) is 15.1 Å². The second kappa shape index (κ2) is 6.46. The molecule has 0 bridgehead atoms. The molecule has 0 fully saturated rings. The second-order valence-corrected chi connectivity index (χ2v) is 5.08. The summed E-state index contributed by atoms with van der Waals surface area (Å²) >= 11 is 7.46. The lowest BCUT2D eigenvalue weighted by atomic mass is 10.3. The highest BCUT2D eigenvalue weighted by Crippen LogP contribution is 2.20. The zero-order chi connectivity index (χ0) is 14.5. The van der Waals surface area contributed by atoms with Gasteiger partial charge in [0.25, 0.3) is 0 Å². The van der Waals surface area contributed by atoms with Crippen molar-refractivity contribution in [3.63, 3.8) is 0 Å². The van der Waals surface area contributed by atoms with Gasteiger partial charge >= 0.3 is 0 Å². The smallest absolute Gasteiger partial charge is 0.183 e. The molecule has 2 rings (SSSR count). The van der Waals surface area contributed by atoms with Gasteiger partial charge in [0, 0.05) is 0 Å². The van der Waals surface area contributed by atoms with Gasteiger partial charge in [0.1, 0.15) is 5.15 Å². The maximum Gasteiger partial charge on any atom is 0.183 e. The second-order valence-electron chi connectivity index (χ2n) is 3.89. The van der Waals surface area contributed by atoms with Crippen LogP contribution in [0.4, 0.5) is 5.69 Å². The summed E-state index contributed by atoms with van der Waals surface area (Å²) in [6, 6.07) is 9.25. The van der Waals surface area contributed by atoms with Crippen molar-refractivity contribution >= 4 is 34.2 Å². The van der Waals surface area contributed by atoms with Crippen molar-refractivity contribution in [1.29, 1.82) is 5.26 Å². The molecule has 0 radical (unpaired) electrons. The van der Waals surface area contributed by atoms with E-state index in [9.17, 15) is 0 Å². The third-order valence-electron chi connectivity index (χ3n) is 2.47. The molecule has 0 saturated heterocycles. The van der Waals surface area contributed by atoms with Gasteiger partial charge in [-0.2, -0.15) is 10.4 Å². The van der Waals surface area contributed by atoms with Crippen LogP contribution < -0.4 is 5.32 Å². The minimum atomic E-state index is 0.549. The van der Waals surface area contributed by atoms with E-state index in [2.05, 4.69) is 15.4 Å². The first-order valence-corrected chi connectivity index (χ1v) is 7.34. The van der Waals surface area contributed by atoms with E-state index in [-0.39, 0.29) is 0 Å². The molecule has 0 aliphatic heterocycles. The molecule has 0 spiro atoms. The van der Waals surface area contributed by atoms with Gasteiger partial charge in [0.2, 0.25) is 0 Å². The van der Waals surface area contributed by atoms with Gasteiger partial charge in [-0.05, 0) is 43.5 Å². The van der Waals surface area contributed by atoms with Crippen LogP contribution in [-0.2, 0) is 0 Å². The third-order valence-corrected chi connectivity index (χ3v) is 3.32. The Bertz CT molecular complexity index is 669. The van der Waals surface area contributed by atoms with Crippen LogP contribution in [-0.4, -0.2) is 21.2 Å². The Morgan fingerprint density at radius 3 is 2.65 bits per heavy atom. The molecule has 1 heterocycles. The first-order chi connectivity index (χ1) is 9.63. The predicted molar refractivity (Wildman–Crippen MR) is 82.7 cm³/mol. The van der Waals surface area contributed by atoms with Gasteiger partial charge in [-0.1, -0.05) is 23.4 Å². The first kappa shape index (κ1) is 14.4. The van der Waals surface area contributed by atoms with E-state index in [1.807, 2.05) is 43.6 Å². The summed E-state index contributed by atoms with van der Waals surface area (Å²) in [6.45, 7) is 1.89. The Morgan fingerprint density at radius 1 is 1.45 bits per heavy atom. The van der Waals surface area contributed by atoms with E-state index in [4.69, 9.17) is 16.9 Å². The van der Waals surface area contributed by atoms with E-state index in [0.29, 0.717) is 10.3 Å². The van der Waals surface area contributed by atoms with Crippen LogP contribution in [0.15, 0.2) is 35.3 Å². The fourth-order valence-corrected chi connectivity index (χ4v) is 2.24. The van der Waals surface area contributed by atoms with Crippen LogP contribution in [0.5, 0.6) is 0 Å². The Kier molecular flexibility index (Phi) is 4.66. The van der Waals surface area contributed by atoms with E-state index in [0.717, 1.165) is 17.1 Å². The molecule has 0 unspecified atom stereocenters. The zero-order valence-electron chi connectivity index (χ0n) is 11.0. The maximum absolute atomic E-state index is 8.59. The number of nitrogens with one attached hydrogen (secondary N) is 1. The fraction of sp³-hybridized carbons (Fsp3) is 0.154. The maximum atomic E-state index is 8.59. The molecule has 0 saturated carbocycles. The minimum Gasteiger partial charge on any atom is -0.271 e. The number of aromatic nitrogens is 2. The van der Waals surface area contributed by atoms with Crippen molar-refractivity contribution in [2.45, 2.75) is 6.92 Å². The number of halogens is 1. The molecule has 5 nitrogen and oxygen atoms in total. The largest absolute Gasteiger partial charge is 0.271 e. The van der Waals surface area contributed by atoms with Gasteiger partial charge in [-0.15, -0.1) is 0 Å². The van der Waals surface area contributed by atoms with Gasteiger partial charge < -0.3 is 0 Å². The molecule has 0 aliphatic rings. The van der Waals surface area contributed by atoms with E-state index in [1.54, 1.807) is 10.7 Å². The highest BCUT2D eigenvalue weighted by molar-refractivity contribution is 8.13. The van der Waals surface area contributed by atoms with E-state index < -0.39 is 0 Å². The average molecular weight is 306 g/mol. The van der Waals surface area contributed by atoms with Crippen LogP contribution in [0, 0.1) is 18.4 Å². The number of thioether (sulfide) groups is 1. The summed E-state index contributed by atoms with van der Waals surface area (Å²) in [7, 11) is 0. The number of hydrogen-bond acceptors (Lipinski definition) is 4. The van der Waals surface area contributed by atoms with E-state index in [1.165, 1.54) is 11.8 Å². The Balaban J connectivity index is 2.27. The van der Waals surface area contributed by atoms with Gasteiger partial charge in [0.05, 0.1) is 17.1 Å². The number of hydrogen-bond donors (Lipinski definition) is 1. The first-order valence-electron chi connectivity index (χ1n) is 5.74. The molecular weight excluding hydrogens is 294 g/mol. The monoisotopic (exact) mass is 305 g/mol. The molecule has 0 aliphatic carbocycles. The zero-order valence-corrected chi connectivity index (χ0v) is 12.5. The van der Waals surface area contributed by atoms with Crippen molar-refractivity contribution in [3.05, 3.63) is 41.2 Å². The SMILES string of the molecule is CSC(=Nc1ccc(-n2nc(C)cc2Cl)cc1)NC#N. The lowest BCUT2D eigenvalue weighted by Crippen LogP contribution is -2.12. The number of aliphatic imine (C=N–C) groups is 1. The minimum absolute atomic E-state index is 0.549. The standard InChI is InChI=1S/C13H12ClN5S/c1-9-7-12(14)19(18-9)11-5-3-10(4-6-11)17-13(20-2)16-8-15/h3-7H,1-2H3,(H,16,17). The van der Waals surface area contributed by atoms with Crippen molar-refractivity contribution in [2.24, 2.45) is 4.99 Å². The molecule has 7 heteroatoms. The summed E-state index contributed by atoms with van der Waals surface area (Å²) < 4.78 is 1.66. The van der Waals surface area contributed by atoms with Gasteiger partial charge in [-0.25, -0.2) is 9.67 Å². The summed E-state index contributed by atoms with van der Waals surface area (Å²) in [5, 5.41) is 16.5. The summed E-state index contributed by atoms with van der Waals surface area (Å²) in [5.74, 6) is 0. The highest BCUT2D eigenvalue weighted by atomic mass is 35.5. The van der Waals surface area contributed by atoms with Crippen molar-refractivity contribution in [2.75, 3.05) is 6.26 Å². The molecular formula is C13H12ClN5S. The quantitative estimate of drug-likeness (QED) is 0.400. The fourth-order valence-electron chi connectivity index (χ4n) is 1.61. The molecule has 1 N–H and O–H groups in total. The Hall–Kier alpha value is -1.97. The van der Waals surface area contributed by atoms with Crippen molar-refractivity contribution < 1.29 is 0 Å². The molecule has 102 valence electrons. The number of nitrogens with zero attached hydrogens (tertiary/aromatic N) is 4. The topological polar surface area (TPSA) is 66.0 Å². The van der Waals surface area contributed by atoms with Crippen LogP contribution >= 0.6 is 23.4 Å². The lowest BCUT2D eigenvalue weighted by molar-refractivity contribution is 0.863. The average Bonchev–Trinajstić information content (AvgIpc) is 2.78. The van der Waals surface area contributed by atoms with Crippen LogP contribution in [0.2, 0.25) is 5.15 Å². The number of aryl methyl sites for hydroxylation is 1. The number of rotatable bonds is 2. The predicted octanol–water partition coefficient (Wildman–Crippen LogP) is 3.26. The Morgan fingerprint density at radius 2 is 2.15 bits per heavy atom. The lowest BCUT2D eigenvalue weighted by Gasteiger charge is -2.04. The third kappa shape index (κ3) is 3.32. The van der Waals surface area contributed by atoms with Crippen LogP contribution in [0.3, 0.4) is 0 Å². The summed E-state index contributed by atoms with van der Waals surface area (Å²) in [4.78, 5) is 4.31. The van der Waals surface area contributed by atoms with E-state index >= 15 is 0 Å². The van der Waals surface area contributed by atoms with Crippen molar-refractivity contribution in [3.8, 4) is 11.9 Å². The molecule has 20 heavy (non-hydrogen) atoms. The molecule has 2 aromatic rings. The number of nitriles is 1.